The fourth-order valence-corrected chi connectivity index (χ4v) is 4.79. The Morgan fingerprint density at radius 1 is 0.865 bits per heavy atom. The van der Waals surface area contributed by atoms with E-state index in [0.717, 1.165) is 60.7 Å². The van der Waals surface area contributed by atoms with Crippen LogP contribution in [-0.2, 0) is 6.54 Å². The number of hydrogen-bond acceptors (Lipinski definition) is 6. The van der Waals surface area contributed by atoms with Gasteiger partial charge in [-0.15, -0.1) is 0 Å². The third-order valence-electron chi connectivity index (χ3n) is 6.92. The summed E-state index contributed by atoms with van der Waals surface area (Å²) in [4.78, 5) is 19.0. The minimum absolute atomic E-state index is 0.277. The molecule has 0 bridgehead atoms. The molecule has 0 atom stereocenters. The highest BCUT2D eigenvalue weighted by Crippen LogP contribution is 2.32. The van der Waals surface area contributed by atoms with E-state index in [9.17, 15) is 4.39 Å². The quantitative estimate of drug-likeness (QED) is 0.385. The first-order valence-electron chi connectivity index (χ1n) is 12.4. The second-order valence-corrected chi connectivity index (χ2v) is 9.50. The molecule has 4 heterocycles. The number of nitrogens with two attached hydrogens (primary N) is 1. The van der Waals surface area contributed by atoms with Crippen LogP contribution in [0.1, 0.15) is 5.56 Å². The van der Waals surface area contributed by atoms with Crippen LogP contribution in [0, 0.1) is 5.82 Å². The highest BCUT2D eigenvalue weighted by atomic mass is 19.1. The number of nitrogen functional groups attached to an aromatic ring is 1. The number of nitrogens with zero attached hydrogens (tertiary/aromatic N) is 6. The van der Waals surface area contributed by atoms with Crippen LogP contribution in [0.25, 0.3) is 39.5 Å². The second kappa shape index (κ2) is 9.72. The summed E-state index contributed by atoms with van der Waals surface area (Å²) in [7, 11) is 2.17. The van der Waals surface area contributed by atoms with E-state index in [0.29, 0.717) is 17.3 Å². The summed E-state index contributed by atoms with van der Waals surface area (Å²) >= 11 is 0. The Bertz CT molecular complexity index is 1540. The average molecular weight is 494 g/mol. The number of benzene rings is 2. The van der Waals surface area contributed by atoms with E-state index in [4.69, 9.17) is 15.7 Å². The average Bonchev–Trinajstić information content (AvgIpc) is 3.30. The lowest BCUT2D eigenvalue weighted by molar-refractivity contribution is 0.148. The summed E-state index contributed by atoms with van der Waals surface area (Å²) in [6.45, 7) is 5.26. The van der Waals surface area contributed by atoms with Crippen molar-refractivity contribution in [1.29, 1.82) is 0 Å². The molecule has 1 aliphatic rings. The van der Waals surface area contributed by atoms with Crippen molar-refractivity contribution in [3.05, 3.63) is 90.4 Å². The molecule has 3 aromatic heterocycles. The number of likely N-dealkylation sites (N-methyl/N-ethyl adjacent to an activating group) is 1. The Balaban J connectivity index is 1.43. The van der Waals surface area contributed by atoms with Gasteiger partial charge in [-0.2, -0.15) is 0 Å². The Morgan fingerprint density at radius 3 is 2.35 bits per heavy atom. The summed E-state index contributed by atoms with van der Waals surface area (Å²) < 4.78 is 15.5. The number of piperazine rings is 1. The Hall–Kier alpha value is -4.14. The van der Waals surface area contributed by atoms with E-state index in [1.807, 2.05) is 28.8 Å². The summed E-state index contributed by atoms with van der Waals surface area (Å²) in [5, 5.41) is 0. The van der Waals surface area contributed by atoms with Gasteiger partial charge in [0.15, 0.2) is 11.5 Å². The van der Waals surface area contributed by atoms with Crippen molar-refractivity contribution in [2.45, 2.75) is 6.54 Å². The largest absolute Gasteiger partial charge is 0.383 e. The highest BCUT2D eigenvalue weighted by Gasteiger charge is 2.19. The minimum Gasteiger partial charge on any atom is -0.383 e. The maximum atomic E-state index is 13.5. The van der Waals surface area contributed by atoms with Crippen molar-refractivity contribution < 1.29 is 4.39 Å². The van der Waals surface area contributed by atoms with Crippen LogP contribution in [0.15, 0.2) is 79.0 Å². The van der Waals surface area contributed by atoms with Crippen LogP contribution in [0.5, 0.6) is 0 Å². The van der Waals surface area contributed by atoms with E-state index in [2.05, 4.69) is 46.1 Å². The van der Waals surface area contributed by atoms with Crippen LogP contribution < -0.4 is 5.73 Å². The Kier molecular flexibility index (Phi) is 6.12. The molecule has 2 N–H and O–H groups in total. The van der Waals surface area contributed by atoms with Gasteiger partial charge in [0, 0.05) is 50.2 Å². The molecule has 6 rings (SSSR count). The SMILES string of the molecule is CN1CCN(Cc2ccc(-n3c(-c4cccnc4N)nc4ccc(-c5ccc(F)cc5)nc43)cc2)CC1. The van der Waals surface area contributed by atoms with Crippen LogP contribution in [0.3, 0.4) is 0 Å². The van der Waals surface area contributed by atoms with Gasteiger partial charge in [0.1, 0.15) is 17.2 Å². The van der Waals surface area contributed by atoms with Gasteiger partial charge in [-0.1, -0.05) is 12.1 Å². The topological polar surface area (TPSA) is 76.1 Å². The van der Waals surface area contributed by atoms with Crippen molar-refractivity contribution in [2.75, 3.05) is 39.0 Å². The normalized spacial score (nSPS) is 14.9. The third kappa shape index (κ3) is 4.69. The lowest BCUT2D eigenvalue weighted by Crippen LogP contribution is -2.43. The number of aromatic nitrogens is 4. The first-order valence-corrected chi connectivity index (χ1v) is 12.4. The van der Waals surface area contributed by atoms with Gasteiger partial charge in [-0.05, 0) is 73.3 Å². The first-order chi connectivity index (χ1) is 18.0. The molecule has 0 aliphatic carbocycles. The smallest absolute Gasteiger partial charge is 0.165 e. The molecule has 37 heavy (non-hydrogen) atoms. The molecule has 1 saturated heterocycles. The van der Waals surface area contributed by atoms with E-state index < -0.39 is 0 Å². The predicted molar refractivity (Wildman–Crippen MR) is 145 cm³/mol. The van der Waals surface area contributed by atoms with Gasteiger partial charge < -0.3 is 10.6 Å². The zero-order chi connectivity index (χ0) is 25.4. The molecular formula is C29H28FN7. The predicted octanol–water partition coefficient (Wildman–Crippen LogP) is 4.62. The first kappa shape index (κ1) is 23.3. The summed E-state index contributed by atoms with van der Waals surface area (Å²) in [5.74, 6) is 0.807. The maximum absolute atomic E-state index is 13.5. The molecule has 0 radical (unpaired) electrons. The van der Waals surface area contributed by atoms with Crippen molar-refractivity contribution in [3.8, 4) is 28.3 Å². The molecular weight excluding hydrogens is 465 g/mol. The number of anilines is 1. The van der Waals surface area contributed by atoms with E-state index >= 15 is 0 Å². The molecule has 0 amide bonds. The van der Waals surface area contributed by atoms with Crippen molar-refractivity contribution >= 4 is 17.0 Å². The van der Waals surface area contributed by atoms with E-state index in [1.54, 1.807) is 18.3 Å². The van der Waals surface area contributed by atoms with Crippen molar-refractivity contribution in [2.24, 2.45) is 0 Å². The number of rotatable bonds is 5. The van der Waals surface area contributed by atoms with Crippen molar-refractivity contribution in [3.63, 3.8) is 0 Å². The summed E-state index contributed by atoms with van der Waals surface area (Å²) in [5.41, 5.74) is 12.2. The van der Waals surface area contributed by atoms with Gasteiger partial charge in [0.25, 0.3) is 0 Å². The Labute approximate surface area is 215 Å². The van der Waals surface area contributed by atoms with Crippen LogP contribution >= 0.6 is 0 Å². The molecule has 5 aromatic rings. The molecule has 8 heteroatoms. The van der Waals surface area contributed by atoms with Gasteiger partial charge >= 0.3 is 0 Å². The fraction of sp³-hybridized carbons (Fsp3) is 0.207. The molecule has 1 fully saturated rings. The molecule has 186 valence electrons. The third-order valence-corrected chi connectivity index (χ3v) is 6.92. The zero-order valence-electron chi connectivity index (χ0n) is 20.7. The number of halogens is 1. The highest BCUT2D eigenvalue weighted by molar-refractivity contribution is 5.84. The molecule has 0 saturated carbocycles. The Morgan fingerprint density at radius 2 is 1.62 bits per heavy atom. The molecule has 7 nitrogen and oxygen atoms in total. The molecule has 0 unspecified atom stereocenters. The number of hydrogen-bond donors (Lipinski definition) is 1. The summed E-state index contributed by atoms with van der Waals surface area (Å²) in [6.07, 6.45) is 1.67. The minimum atomic E-state index is -0.277. The maximum Gasteiger partial charge on any atom is 0.165 e. The standard InChI is InChI=1S/C29H28FN7/c1-35-15-17-36(18-16-35)19-20-4-10-23(11-5-20)37-28(24-3-2-14-32-27(24)31)34-26-13-12-25(33-29(26)37)21-6-8-22(30)9-7-21/h2-14H,15-19H2,1H3,(H2,31,32). The molecule has 1 aliphatic heterocycles. The van der Waals surface area contributed by atoms with Gasteiger partial charge in [0.05, 0.1) is 11.3 Å². The zero-order valence-corrected chi connectivity index (χ0v) is 20.7. The number of imidazole rings is 1. The monoisotopic (exact) mass is 493 g/mol. The van der Waals surface area contributed by atoms with Crippen molar-refractivity contribution in [1.82, 2.24) is 29.3 Å². The van der Waals surface area contributed by atoms with E-state index in [1.165, 1.54) is 17.7 Å². The lowest BCUT2D eigenvalue weighted by Gasteiger charge is -2.32. The number of fused-ring (bicyclic) bond motifs is 1. The lowest BCUT2D eigenvalue weighted by atomic mass is 10.1. The van der Waals surface area contributed by atoms with Crippen LogP contribution in [-0.4, -0.2) is 62.5 Å². The molecule has 2 aromatic carbocycles. The summed E-state index contributed by atoms with van der Waals surface area (Å²) in [6, 6.07) is 22.5. The van der Waals surface area contributed by atoms with Gasteiger partial charge in [-0.3, -0.25) is 9.47 Å². The van der Waals surface area contributed by atoms with Crippen LogP contribution in [0.4, 0.5) is 10.2 Å². The van der Waals surface area contributed by atoms with E-state index in [-0.39, 0.29) is 5.82 Å². The van der Waals surface area contributed by atoms with Gasteiger partial charge in [0.2, 0.25) is 0 Å². The number of pyridine rings is 2. The molecule has 0 spiro atoms. The van der Waals surface area contributed by atoms with Crippen LogP contribution in [0.2, 0.25) is 0 Å². The fourth-order valence-electron chi connectivity index (χ4n) is 4.79. The second-order valence-electron chi connectivity index (χ2n) is 9.50. The van der Waals surface area contributed by atoms with Gasteiger partial charge in [-0.25, -0.2) is 19.3 Å².